The van der Waals surface area contributed by atoms with Gasteiger partial charge in [-0.1, -0.05) is 12.1 Å². The molecule has 0 spiro atoms. The van der Waals surface area contributed by atoms with Gasteiger partial charge in [-0.05, 0) is 24.1 Å². The van der Waals surface area contributed by atoms with E-state index in [1.54, 1.807) is 26.2 Å². The molecule has 1 heterocycles. The largest absolute Gasteiger partial charge is 0.545 e. The second-order valence-corrected chi connectivity index (χ2v) is 4.17. The molecule has 0 aliphatic rings. The van der Waals surface area contributed by atoms with E-state index < -0.39 is 5.97 Å². The first-order chi connectivity index (χ1) is 8.97. The molecule has 2 rings (SSSR count). The second kappa shape index (κ2) is 4.93. The van der Waals surface area contributed by atoms with Crippen LogP contribution in [0.3, 0.4) is 0 Å². The fourth-order valence-corrected chi connectivity index (χ4v) is 1.62. The number of anilines is 1. The van der Waals surface area contributed by atoms with Crippen molar-refractivity contribution in [2.45, 2.75) is 6.92 Å². The first kappa shape index (κ1) is 12.8. The molecule has 0 aliphatic carbocycles. The number of hydrogen-bond acceptors (Lipinski definition) is 4. The molecule has 0 fully saturated rings. The summed E-state index contributed by atoms with van der Waals surface area (Å²) in [6.07, 6.45) is 3.01. The number of nitrogens with zero attached hydrogens (tertiary/aromatic N) is 2. The van der Waals surface area contributed by atoms with Crippen LogP contribution in [0.1, 0.15) is 26.3 Å². The van der Waals surface area contributed by atoms with Gasteiger partial charge in [-0.25, -0.2) is 0 Å². The number of aryl methyl sites for hydroxylation is 2. The predicted molar refractivity (Wildman–Crippen MR) is 66.7 cm³/mol. The van der Waals surface area contributed by atoms with E-state index in [4.69, 9.17) is 0 Å². The van der Waals surface area contributed by atoms with Gasteiger partial charge in [0.05, 0.1) is 17.7 Å². The topological polar surface area (TPSA) is 87.0 Å². The van der Waals surface area contributed by atoms with E-state index >= 15 is 0 Å². The van der Waals surface area contributed by atoms with Crippen LogP contribution in [0.2, 0.25) is 0 Å². The molecule has 0 radical (unpaired) electrons. The molecule has 1 amide bonds. The van der Waals surface area contributed by atoms with Crippen LogP contribution in [-0.2, 0) is 7.05 Å². The van der Waals surface area contributed by atoms with Crippen molar-refractivity contribution in [2.75, 3.05) is 5.32 Å². The van der Waals surface area contributed by atoms with Gasteiger partial charge in [0.15, 0.2) is 0 Å². The number of rotatable bonds is 3. The van der Waals surface area contributed by atoms with Crippen molar-refractivity contribution in [2.24, 2.45) is 7.05 Å². The Morgan fingerprint density at radius 2 is 2.05 bits per heavy atom. The number of amides is 1. The molecule has 98 valence electrons. The molecule has 1 aromatic heterocycles. The standard InChI is InChI=1S/C13H13N3O3/c1-8-3-4-9(13(18)19)5-11(8)15-12(17)10-6-14-16(2)7-10/h3-7H,1-2H3,(H,15,17)(H,18,19)/p-1. The minimum Gasteiger partial charge on any atom is -0.545 e. The highest BCUT2D eigenvalue weighted by Crippen LogP contribution is 2.17. The van der Waals surface area contributed by atoms with E-state index in [-0.39, 0.29) is 11.5 Å². The quantitative estimate of drug-likeness (QED) is 0.860. The normalized spacial score (nSPS) is 10.2. The van der Waals surface area contributed by atoms with Gasteiger partial charge in [-0.2, -0.15) is 5.10 Å². The van der Waals surface area contributed by atoms with Gasteiger partial charge in [-0.15, -0.1) is 0 Å². The zero-order chi connectivity index (χ0) is 14.0. The Morgan fingerprint density at radius 1 is 1.32 bits per heavy atom. The third-order valence-corrected chi connectivity index (χ3v) is 2.69. The van der Waals surface area contributed by atoms with Crippen molar-refractivity contribution in [3.8, 4) is 0 Å². The molecular formula is C13H12N3O3-. The lowest BCUT2D eigenvalue weighted by atomic mass is 10.1. The monoisotopic (exact) mass is 258 g/mol. The maximum Gasteiger partial charge on any atom is 0.258 e. The first-order valence-corrected chi connectivity index (χ1v) is 5.59. The lowest BCUT2D eigenvalue weighted by molar-refractivity contribution is -0.255. The molecule has 19 heavy (non-hydrogen) atoms. The minimum absolute atomic E-state index is 0.0205. The number of carbonyl (C=O) groups excluding carboxylic acids is 2. The van der Waals surface area contributed by atoms with Gasteiger partial charge >= 0.3 is 0 Å². The number of benzene rings is 1. The Kier molecular flexibility index (Phi) is 3.33. The van der Waals surface area contributed by atoms with Crippen LogP contribution in [0.15, 0.2) is 30.6 Å². The van der Waals surface area contributed by atoms with Gasteiger partial charge in [0.1, 0.15) is 0 Å². The van der Waals surface area contributed by atoms with Gasteiger partial charge in [0.25, 0.3) is 5.91 Å². The molecule has 6 nitrogen and oxygen atoms in total. The molecular weight excluding hydrogens is 246 g/mol. The van der Waals surface area contributed by atoms with Crippen LogP contribution in [0.25, 0.3) is 0 Å². The highest BCUT2D eigenvalue weighted by Gasteiger charge is 2.10. The van der Waals surface area contributed by atoms with Gasteiger partial charge in [0.2, 0.25) is 0 Å². The number of carboxylic acid groups (broad SMARTS) is 1. The Hall–Kier alpha value is -2.63. The van der Waals surface area contributed by atoms with E-state index in [0.29, 0.717) is 11.3 Å². The van der Waals surface area contributed by atoms with E-state index in [2.05, 4.69) is 10.4 Å². The summed E-state index contributed by atoms with van der Waals surface area (Å²) < 4.78 is 1.51. The highest BCUT2D eigenvalue weighted by atomic mass is 16.4. The molecule has 0 unspecified atom stereocenters. The average Bonchev–Trinajstić information content (AvgIpc) is 2.78. The SMILES string of the molecule is Cc1ccc(C(=O)[O-])cc1NC(=O)c1cnn(C)c1. The molecule has 6 heteroatoms. The van der Waals surface area contributed by atoms with Crippen molar-refractivity contribution in [3.05, 3.63) is 47.3 Å². The summed E-state index contributed by atoms with van der Waals surface area (Å²) in [6.45, 7) is 1.78. The fourth-order valence-electron chi connectivity index (χ4n) is 1.62. The Labute approximate surface area is 109 Å². The summed E-state index contributed by atoms with van der Waals surface area (Å²) in [4.78, 5) is 22.7. The van der Waals surface area contributed by atoms with Crippen LogP contribution in [-0.4, -0.2) is 21.7 Å². The third-order valence-electron chi connectivity index (χ3n) is 2.69. The zero-order valence-corrected chi connectivity index (χ0v) is 10.5. The number of aromatic carboxylic acids is 1. The van der Waals surface area contributed by atoms with Gasteiger partial charge < -0.3 is 15.2 Å². The van der Waals surface area contributed by atoms with E-state index in [0.717, 1.165) is 5.56 Å². The second-order valence-electron chi connectivity index (χ2n) is 4.17. The minimum atomic E-state index is -1.28. The van der Waals surface area contributed by atoms with Gasteiger partial charge in [-0.3, -0.25) is 9.48 Å². The number of carboxylic acids is 1. The van der Waals surface area contributed by atoms with Crippen LogP contribution in [0.4, 0.5) is 5.69 Å². The average molecular weight is 258 g/mol. The lowest BCUT2D eigenvalue weighted by Gasteiger charge is -2.10. The van der Waals surface area contributed by atoms with Crippen molar-refractivity contribution in [1.29, 1.82) is 0 Å². The molecule has 2 aromatic rings. The van der Waals surface area contributed by atoms with Crippen molar-refractivity contribution >= 4 is 17.6 Å². The highest BCUT2D eigenvalue weighted by molar-refractivity contribution is 6.04. The fraction of sp³-hybridized carbons (Fsp3) is 0.154. The van der Waals surface area contributed by atoms with Crippen LogP contribution in [0, 0.1) is 6.92 Å². The lowest BCUT2D eigenvalue weighted by Crippen LogP contribution is -2.22. The molecule has 1 N–H and O–H groups in total. The zero-order valence-electron chi connectivity index (χ0n) is 10.5. The van der Waals surface area contributed by atoms with E-state index in [9.17, 15) is 14.7 Å². The van der Waals surface area contributed by atoms with Crippen LogP contribution < -0.4 is 10.4 Å². The molecule has 0 aliphatic heterocycles. The first-order valence-electron chi connectivity index (χ1n) is 5.59. The molecule has 0 saturated heterocycles. The van der Waals surface area contributed by atoms with E-state index in [1.165, 1.54) is 23.0 Å². The molecule has 0 atom stereocenters. The summed E-state index contributed by atoms with van der Waals surface area (Å²) in [5.41, 5.74) is 1.63. The predicted octanol–water partition coefficient (Wildman–Crippen LogP) is 0.344. The van der Waals surface area contributed by atoms with E-state index in [1.807, 2.05) is 0 Å². The maximum atomic E-state index is 11.9. The van der Waals surface area contributed by atoms with Crippen LogP contribution in [0.5, 0.6) is 0 Å². The number of nitrogens with one attached hydrogen (secondary N) is 1. The summed E-state index contributed by atoms with van der Waals surface area (Å²) >= 11 is 0. The number of carbonyl (C=O) groups is 2. The smallest absolute Gasteiger partial charge is 0.258 e. The Morgan fingerprint density at radius 3 is 2.63 bits per heavy atom. The summed E-state index contributed by atoms with van der Waals surface area (Å²) in [7, 11) is 1.71. The molecule has 0 bridgehead atoms. The van der Waals surface area contributed by atoms with Crippen molar-refractivity contribution in [1.82, 2.24) is 9.78 Å². The Balaban J connectivity index is 2.25. The van der Waals surface area contributed by atoms with Crippen molar-refractivity contribution in [3.63, 3.8) is 0 Å². The third kappa shape index (κ3) is 2.79. The molecule has 1 aromatic carbocycles. The summed E-state index contributed by atoms with van der Waals surface area (Å²) in [5, 5.41) is 17.3. The summed E-state index contributed by atoms with van der Waals surface area (Å²) in [5.74, 6) is -1.62. The van der Waals surface area contributed by atoms with Crippen LogP contribution >= 0.6 is 0 Å². The maximum absolute atomic E-state index is 11.9. The molecule has 0 saturated carbocycles. The summed E-state index contributed by atoms with van der Waals surface area (Å²) in [6, 6.07) is 4.42. The van der Waals surface area contributed by atoms with Gasteiger partial charge in [0, 0.05) is 18.9 Å². The Bertz CT molecular complexity index is 646. The van der Waals surface area contributed by atoms with Crippen molar-refractivity contribution < 1.29 is 14.7 Å². The number of aromatic nitrogens is 2. The number of hydrogen-bond donors (Lipinski definition) is 1.